The molecule has 23 heavy (non-hydrogen) atoms. The molecule has 0 spiro atoms. The lowest BCUT2D eigenvalue weighted by atomic mass is 10.2. The smallest absolute Gasteiger partial charge is 0.307 e. The third kappa shape index (κ3) is 5.02. The van der Waals surface area contributed by atoms with Crippen LogP contribution in [0.4, 0.5) is 5.69 Å². The topological polar surface area (TPSA) is 54.3 Å². The summed E-state index contributed by atoms with van der Waals surface area (Å²) in [4.78, 5) is 25.7. The Morgan fingerprint density at radius 3 is 2.74 bits per heavy atom. The van der Waals surface area contributed by atoms with Gasteiger partial charge in [-0.2, -0.15) is 0 Å². The highest BCUT2D eigenvalue weighted by Gasteiger charge is 2.10. The van der Waals surface area contributed by atoms with E-state index in [1.807, 2.05) is 49.4 Å². The minimum absolute atomic E-state index is 0.0471. The van der Waals surface area contributed by atoms with E-state index in [1.165, 1.54) is 11.3 Å². The second kappa shape index (κ2) is 7.90. The highest BCUT2D eigenvalue weighted by atomic mass is 79.9. The van der Waals surface area contributed by atoms with Gasteiger partial charge in [-0.3, -0.25) is 14.5 Å². The molecule has 1 aromatic carbocycles. The molecule has 0 aliphatic rings. The number of thiazole rings is 1. The Balaban J connectivity index is 1.86. The van der Waals surface area contributed by atoms with Gasteiger partial charge in [0.1, 0.15) is 0 Å². The highest BCUT2D eigenvalue weighted by molar-refractivity contribution is 9.10. The van der Waals surface area contributed by atoms with E-state index in [0.717, 1.165) is 21.4 Å². The van der Waals surface area contributed by atoms with Gasteiger partial charge in [0, 0.05) is 34.3 Å². The molecule has 124 valence electrons. The standard InChI is InChI=1S/C16H20BrN3O2S/c1-11-8-13(17)4-5-14(11)18-15(21)9-19(3)6-7-20-12(2)10-23-16(20)22/h4-5,8,10H,6-7,9H2,1-3H3,(H,18,21). The van der Waals surface area contributed by atoms with Gasteiger partial charge >= 0.3 is 4.87 Å². The number of carbonyl (C=O) groups is 1. The number of anilines is 1. The molecule has 5 nitrogen and oxygen atoms in total. The Hall–Kier alpha value is -1.44. The summed E-state index contributed by atoms with van der Waals surface area (Å²) in [6.07, 6.45) is 0. The molecular weight excluding hydrogens is 378 g/mol. The number of aryl methyl sites for hydroxylation is 2. The zero-order chi connectivity index (χ0) is 17.0. The maximum atomic E-state index is 12.1. The molecule has 2 rings (SSSR count). The van der Waals surface area contributed by atoms with E-state index in [0.29, 0.717) is 13.1 Å². The Bertz CT molecular complexity index is 754. The van der Waals surface area contributed by atoms with E-state index >= 15 is 0 Å². The SMILES string of the molecule is Cc1cc(Br)ccc1NC(=O)CN(C)CCn1c(C)csc1=O. The molecule has 0 aliphatic carbocycles. The van der Waals surface area contributed by atoms with Crippen molar-refractivity contribution in [2.75, 3.05) is 25.5 Å². The van der Waals surface area contributed by atoms with E-state index < -0.39 is 0 Å². The summed E-state index contributed by atoms with van der Waals surface area (Å²) in [6.45, 7) is 5.39. The molecule has 0 aliphatic heterocycles. The van der Waals surface area contributed by atoms with Crippen LogP contribution in [0.1, 0.15) is 11.3 Å². The van der Waals surface area contributed by atoms with Gasteiger partial charge in [0.2, 0.25) is 5.91 Å². The second-order valence-electron chi connectivity index (χ2n) is 5.54. The van der Waals surface area contributed by atoms with Gasteiger partial charge < -0.3 is 9.88 Å². The fraction of sp³-hybridized carbons (Fsp3) is 0.375. The number of halogens is 1. The lowest BCUT2D eigenvalue weighted by molar-refractivity contribution is -0.117. The van der Waals surface area contributed by atoms with Crippen molar-refractivity contribution in [1.82, 2.24) is 9.47 Å². The number of aromatic nitrogens is 1. The molecule has 1 aromatic heterocycles. The Labute approximate surface area is 148 Å². The van der Waals surface area contributed by atoms with E-state index in [1.54, 1.807) is 4.57 Å². The fourth-order valence-corrected chi connectivity index (χ4v) is 3.46. The van der Waals surface area contributed by atoms with Crippen molar-refractivity contribution in [3.05, 3.63) is 49.0 Å². The van der Waals surface area contributed by atoms with E-state index in [4.69, 9.17) is 0 Å². The molecule has 0 saturated carbocycles. The van der Waals surface area contributed by atoms with Crippen molar-refractivity contribution >= 4 is 38.9 Å². The lowest BCUT2D eigenvalue weighted by Crippen LogP contribution is -2.33. The average molecular weight is 398 g/mol. The van der Waals surface area contributed by atoms with Gasteiger partial charge in [0.25, 0.3) is 0 Å². The minimum Gasteiger partial charge on any atom is -0.325 e. The van der Waals surface area contributed by atoms with Crippen molar-refractivity contribution in [3.63, 3.8) is 0 Å². The maximum absolute atomic E-state index is 12.1. The second-order valence-corrected chi connectivity index (χ2v) is 7.28. The summed E-state index contributed by atoms with van der Waals surface area (Å²) in [7, 11) is 1.88. The molecule has 1 amide bonds. The monoisotopic (exact) mass is 397 g/mol. The molecule has 0 atom stereocenters. The molecule has 0 fully saturated rings. The lowest BCUT2D eigenvalue weighted by Gasteiger charge is -2.17. The third-order valence-electron chi connectivity index (χ3n) is 3.56. The van der Waals surface area contributed by atoms with Crippen LogP contribution < -0.4 is 10.2 Å². The summed E-state index contributed by atoms with van der Waals surface area (Å²) in [5, 5.41) is 4.77. The molecule has 1 N–H and O–H groups in total. The number of rotatable bonds is 6. The Morgan fingerprint density at radius 2 is 2.13 bits per heavy atom. The van der Waals surface area contributed by atoms with Gasteiger partial charge in [-0.05, 0) is 44.7 Å². The van der Waals surface area contributed by atoms with Gasteiger partial charge in [0.05, 0.1) is 6.54 Å². The number of hydrogen-bond donors (Lipinski definition) is 1. The highest BCUT2D eigenvalue weighted by Crippen LogP contribution is 2.19. The zero-order valence-corrected chi connectivity index (χ0v) is 15.8. The quantitative estimate of drug-likeness (QED) is 0.814. The predicted molar refractivity (Wildman–Crippen MR) is 98.3 cm³/mol. The van der Waals surface area contributed by atoms with E-state index in [2.05, 4.69) is 21.2 Å². The first-order chi connectivity index (χ1) is 10.9. The van der Waals surface area contributed by atoms with Gasteiger partial charge in [-0.15, -0.1) is 0 Å². The van der Waals surface area contributed by atoms with Crippen molar-refractivity contribution < 1.29 is 4.79 Å². The molecule has 7 heteroatoms. The number of nitrogens with one attached hydrogen (secondary N) is 1. The van der Waals surface area contributed by atoms with E-state index in [-0.39, 0.29) is 17.3 Å². The largest absolute Gasteiger partial charge is 0.325 e. The summed E-state index contributed by atoms with van der Waals surface area (Å²) in [5.74, 6) is -0.0627. The Morgan fingerprint density at radius 1 is 1.39 bits per heavy atom. The van der Waals surface area contributed by atoms with Crippen LogP contribution in [0.2, 0.25) is 0 Å². The van der Waals surface area contributed by atoms with Gasteiger partial charge in [0.15, 0.2) is 0 Å². The van der Waals surface area contributed by atoms with Crippen molar-refractivity contribution in [2.24, 2.45) is 0 Å². The summed E-state index contributed by atoms with van der Waals surface area (Å²) in [5.41, 5.74) is 2.79. The van der Waals surface area contributed by atoms with Crippen molar-refractivity contribution in [3.8, 4) is 0 Å². The van der Waals surface area contributed by atoms with Crippen molar-refractivity contribution in [2.45, 2.75) is 20.4 Å². The van der Waals surface area contributed by atoms with Crippen LogP contribution in [-0.4, -0.2) is 35.5 Å². The fourth-order valence-electron chi connectivity index (χ4n) is 2.23. The van der Waals surface area contributed by atoms with Crippen LogP contribution in [-0.2, 0) is 11.3 Å². The van der Waals surface area contributed by atoms with Crippen LogP contribution in [0.15, 0.2) is 32.8 Å². The average Bonchev–Trinajstić information content (AvgIpc) is 2.79. The molecule has 0 radical (unpaired) electrons. The Kier molecular flexibility index (Phi) is 6.15. The molecule has 0 saturated heterocycles. The van der Waals surface area contributed by atoms with Crippen LogP contribution in [0.3, 0.4) is 0 Å². The van der Waals surface area contributed by atoms with Gasteiger partial charge in [-0.1, -0.05) is 27.3 Å². The molecule has 0 unspecified atom stereocenters. The van der Waals surface area contributed by atoms with Crippen LogP contribution >= 0.6 is 27.3 Å². The normalized spacial score (nSPS) is 11.0. The zero-order valence-electron chi connectivity index (χ0n) is 13.4. The number of carbonyl (C=O) groups excluding carboxylic acids is 1. The maximum Gasteiger partial charge on any atom is 0.307 e. The minimum atomic E-state index is -0.0627. The summed E-state index contributed by atoms with van der Waals surface area (Å²) < 4.78 is 2.72. The van der Waals surface area contributed by atoms with E-state index in [9.17, 15) is 9.59 Å². The van der Waals surface area contributed by atoms with Crippen LogP contribution in [0.25, 0.3) is 0 Å². The number of hydrogen-bond acceptors (Lipinski definition) is 4. The van der Waals surface area contributed by atoms with Crippen molar-refractivity contribution in [1.29, 1.82) is 0 Å². The molecule has 1 heterocycles. The molecular formula is C16H20BrN3O2S. The first kappa shape index (κ1) is 17.9. The summed E-state index contributed by atoms with van der Waals surface area (Å²) >= 11 is 4.61. The number of benzene rings is 1. The molecule has 2 aromatic rings. The van der Waals surface area contributed by atoms with Gasteiger partial charge in [-0.25, -0.2) is 0 Å². The van der Waals surface area contributed by atoms with Crippen LogP contribution in [0, 0.1) is 13.8 Å². The molecule has 0 bridgehead atoms. The van der Waals surface area contributed by atoms with Crippen LogP contribution in [0.5, 0.6) is 0 Å². The number of amides is 1. The first-order valence-corrected chi connectivity index (χ1v) is 8.93. The number of nitrogens with zero attached hydrogens (tertiary/aromatic N) is 2. The third-order valence-corrected chi connectivity index (χ3v) is 4.93. The predicted octanol–water partition coefficient (Wildman–Crippen LogP) is 2.86. The first-order valence-electron chi connectivity index (χ1n) is 7.26. The summed E-state index contributed by atoms with van der Waals surface area (Å²) in [6, 6.07) is 5.74. The number of likely N-dealkylation sites (N-methyl/N-ethyl adjacent to an activating group) is 1.